The van der Waals surface area contributed by atoms with Gasteiger partial charge in [0.25, 0.3) is 5.91 Å². The lowest BCUT2D eigenvalue weighted by molar-refractivity contribution is -0.150. The van der Waals surface area contributed by atoms with E-state index in [1.807, 2.05) is 16.5 Å². The highest BCUT2D eigenvalue weighted by Crippen LogP contribution is 2.41. The van der Waals surface area contributed by atoms with E-state index in [0.29, 0.717) is 72.2 Å². The van der Waals surface area contributed by atoms with Crippen LogP contribution in [0.4, 0.5) is 0 Å². The fraction of sp³-hybridized carbons (Fsp3) is 0.615. The Balaban J connectivity index is 1.81. The van der Waals surface area contributed by atoms with Crippen LogP contribution in [0, 0.1) is 17.8 Å². The molecule has 0 saturated heterocycles. The normalized spacial score (nSPS) is 20.3. The van der Waals surface area contributed by atoms with Crippen LogP contribution in [0.15, 0.2) is 12.4 Å². The smallest absolute Gasteiger partial charge is 0.309 e. The maximum absolute atomic E-state index is 13.7. The Kier molecular flexibility index (Phi) is 8.61. The van der Waals surface area contributed by atoms with Gasteiger partial charge in [0.2, 0.25) is 5.88 Å². The lowest BCUT2D eigenvalue weighted by atomic mass is 9.74. The third kappa shape index (κ3) is 6.14. The molecule has 1 aliphatic carbocycles. The second-order valence-electron chi connectivity index (χ2n) is 11.1. The van der Waals surface area contributed by atoms with E-state index < -0.39 is 11.4 Å². The number of hydrogen-bond acceptors (Lipinski definition) is 5. The zero-order valence-corrected chi connectivity index (χ0v) is 23.4. The summed E-state index contributed by atoms with van der Waals surface area (Å²) < 4.78 is 7.12. The Bertz CT molecular complexity index is 1120. The molecule has 198 valence electrons. The summed E-state index contributed by atoms with van der Waals surface area (Å²) in [6.45, 7) is 10.9. The van der Waals surface area contributed by atoms with E-state index in [2.05, 4.69) is 30.9 Å². The van der Waals surface area contributed by atoms with Crippen molar-refractivity contribution in [2.45, 2.75) is 72.8 Å². The predicted molar refractivity (Wildman–Crippen MR) is 140 cm³/mol. The third-order valence-electron chi connectivity index (χ3n) is 7.01. The molecule has 3 rings (SSSR count). The quantitative estimate of drug-likeness (QED) is 0.453. The molecular formula is C26H36Cl2N4O4. The number of amides is 1. The number of halogens is 2. The van der Waals surface area contributed by atoms with Crippen molar-refractivity contribution in [3.05, 3.63) is 39.3 Å². The second-order valence-corrected chi connectivity index (χ2v) is 11.9. The van der Waals surface area contributed by atoms with E-state index >= 15 is 0 Å². The summed E-state index contributed by atoms with van der Waals surface area (Å²) in [5.41, 5.74) is 1.21. The standard InChI is InChI=1S/C26H36Cl2N4O4/c1-16-19(13-30-32(16)17-7-10-26(5,11-8-17)24(34)35)23(33)31(15-25(2,3)4)12-9-18-20(27)14-29-22(36-6)21(18)28/h13-14,17H,7-12,15H2,1-6H3,(H,34,35). The van der Waals surface area contributed by atoms with Gasteiger partial charge in [-0.25, -0.2) is 4.98 Å². The minimum atomic E-state index is -0.751. The average Bonchev–Trinajstić information content (AvgIpc) is 3.18. The van der Waals surface area contributed by atoms with Crippen LogP contribution in [-0.2, 0) is 11.2 Å². The molecule has 0 radical (unpaired) electrons. The molecule has 2 heterocycles. The SMILES string of the molecule is COc1ncc(Cl)c(CCN(CC(C)(C)C)C(=O)c2cnn(C3CCC(C)(C(=O)O)CC3)c2C)c1Cl. The number of nitrogens with zero attached hydrogens (tertiary/aromatic N) is 4. The molecule has 0 unspecified atom stereocenters. The monoisotopic (exact) mass is 538 g/mol. The minimum absolute atomic E-state index is 0.0805. The number of aliphatic carboxylic acids is 1. The van der Waals surface area contributed by atoms with Gasteiger partial charge in [-0.15, -0.1) is 0 Å². The van der Waals surface area contributed by atoms with Crippen molar-refractivity contribution in [1.29, 1.82) is 0 Å². The lowest BCUT2D eigenvalue weighted by Crippen LogP contribution is -2.39. The van der Waals surface area contributed by atoms with Crippen molar-refractivity contribution in [2.24, 2.45) is 10.8 Å². The lowest BCUT2D eigenvalue weighted by Gasteiger charge is -2.34. The predicted octanol–water partition coefficient (Wildman–Crippen LogP) is 5.84. The number of hydrogen-bond donors (Lipinski definition) is 1. The first-order valence-corrected chi connectivity index (χ1v) is 13.0. The summed E-state index contributed by atoms with van der Waals surface area (Å²) in [5.74, 6) is -0.555. The first-order valence-electron chi connectivity index (χ1n) is 12.2. The molecule has 0 aliphatic heterocycles. The zero-order valence-electron chi connectivity index (χ0n) is 21.9. The largest absolute Gasteiger partial charge is 0.481 e. The van der Waals surface area contributed by atoms with Gasteiger partial charge in [-0.2, -0.15) is 5.10 Å². The van der Waals surface area contributed by atoms with Crippen LogP contribution >= 0.6 is 23.2 Å². The maximum Gasteiger partial charge on any atom is 0.309 e. The highest BCUT2D eigenvalue weighted by Gasteiger charge is 2.39. The van der Waals surface area contributed by atoms with Gasteiger partial charge >= 0.3 is 5.97 Å². The Morgan fingerprint density at radius 3 is 2.44 bits per heavy atom. The third-order valence-corrected chi connectivity index (χ3v) is 7.73. The van der Waals surface area contributed by atoms with Gasteiger partial charge in [-0.3, -0.25) is 14.3 Å². The molecule has 10 heteroatoms. The fourth-order valence-electron chi connectivity index (χ4n) is 4.80. The van der Waals surface area contributed by atoms with E-state index in [9.17, 15) is 14.7 Å². The van der Waals surface area contributed by atoms with Crippen LogP contribution in [-0.4, -0.2) is 56.8 Å². The molecule has 2 aromatic rings. The van der Waals surface area contributed by atoms with E-state index in [4.69, 9.17) is 27.9 Å². The molecule has 0 spiro atoms. The summed E-state index contributed by atoms with van der Waals surface area (Å²) in [7, 11) is 1.50. The molecule has 1 fully saturated rings. The molecule has 2 aromatic heterocycles. The van der Waals surface area contributed by atoms with Gasteiger partial charge in [0.15, 0.2) is 0 Å². The summed E-state index contributed by atoms with van der Waals surface area (Å²) in [5, 5.41) is 14.9. The summed E-state index contributed by atoms with van der Waals surface area (Å²) in [6, 6.07) is 0.0805. The van der Waals surface area contributed by atoms with E-state index in [-0.39, 0.29) is 17.4 Å². The average molecular weight is 540 g/mol. The molecule has 0 atom stereocenters. The topological polar surface area (TPSA) is 97.5 Å². The van der Waals surface area contributed by atoms with Gasteiger partial charge in [0, 0.05) is 25.0 Å². The molecule has 1 saturated carbocycles. The number of rotatable bonds is 8. The maximum atomic E-state index is 13.7. The van der Waals surface area contributed by atoms with Gasteiger partial charge < -0.3 is 14.7 Å². The number of pyridine rings is 1. The van der Waals surface area contributed by atoms with Crippen molar-refractivity contribution >= 4 is 35.1 Å². The Hall–Kier alpha value is -2.32. The molecule has 1 N–H and O–H groups in total. The van der Waals surface area contributed by atoms with Crippen LogP contribution in [0.3, 0.4) is 0 Å². The number of carbonyl (C=O) groups is 2. The van der Waals surface area contributed by atoms with Gasteiger partial charge in [-0.05, 0) is 56.9 Å². The Morgan fingerprint density at radius 2 is 1.89 bits per heavy atom. The first-order chi connectivity index (χ1) is 16.8. The van der Waals surface area contributed by atoms with Crippen molar-refractivity contribution in [3.8, 4) is 5.88 Å². The van der Waals surface area contributed by atoms with Gasteiger partial charge in [0.1, 0.15) is 5.02 Å². The summed E-state index contributed by atoms with van der Waals surface area (Å²) in [4.78, 5) is 31.3. The van der Waals surface area contributed by atoms with E-state index in [1.54, 1.807) is 13.1 Å². The molecular weight excluding hydrogens is 503 g/mol. The first kappa shape index (κ1) is 28.3. The van der Waals surface area contributed by atoms with Crippen LogP contribution in [0.5, 0.6) is 5.88 Å². The summed E-state index contributed by atoms with van der Waals surface area (Å²) >= 11 is 12.8. The van der Waals surface area contributed by atoms with Crippen molar-refractivity contribution in [3.63, 3.8) is 0 Å². The molecule has 1 amide bonds. The molecule has 1 aliphatic rings. The number of carboxylic acids is 1. The Labute approximate surface area is 222 Å². The minimum Gasteiger partial charge on any atom is -0.481 e. The van der Waals surface area contributed by atoms with Crippen LogP contribution in [0.25, 0.3) is 0 Å². The summed E-state index contributed by atoms with van der Waals surface area (Å²) in [6.07, 6.45) is 6.18. The fourth-order valence-corrected chi connectivity index (χ4v) is 5.41. The van der Waals surface area contributed by atoms with Crippen LogP contribution < -0.4 is 4.74 Å². The number of carboxylic acid groups (broad SMARTS) is 1. The Morgan fingerprint density at radius 1 is 1.25 bits per heavy atom. The number of carbonyl (C=O) groups excluding carboxylic acids is 1. The van der Waals surface area contributed by atoms with E-state index in [1.165, 1.54) is 13.3 Å². The second kappa shape index (κ2) is 11.0. The van der Waals surface area contributed by atoms with Crippen molar-refractivity contribution in [1.82, 2.24) is 19.7 Å². The number of ether oxygens (including phenoxy) is 1. The molecule has 0 bridgehead atoms. The van der Waals surface area contributed by atoms with Gasteiger partial charge in [0.05, 0.1) is 35.3 Å². The molecule has 8 nitrogen and oxygen atoms in total. The molecule has 0 aromatic carbocycles. The van der Waals surface area contributed by atoms with Gasteiger partial charge in [-0.1, -0.05) is 44.0 Å². The van der Waals surface area contributed by atoms with Crippen molar-refractivity contribution < 1.29 is 19.4 Å². The number of methoxy groups -OCH3 is 1. The van der Waals surface area contributed by atoms with Crippen molar-refractivity contribution in [2.75, 3.05) is 20.2 Å². The number of aromatic nitrogens is 3. The van der Waals surface area contributed by atoms with Crippen LogP contribution in [0.2, 0.25) is 10.0 Å². The zero-order chi connectivity index (χ0) is 26.8. The highest BCUT2D eigenvalue weighted by atomic mass is 35.5. The van der Waals surface area contributed by atoms with E-state index in [0.717, 1.165) is 5.69 Å². The van der Waals surface area contributed by atoms with Crippen LogP contribution in [0.1, 0.15) is 81.0 Å². The highest BCUT2D eigenvalue weighted by molar-refractivity contribution is 6.36. The molecule has 36 heavy (non-hydrogen) atoms.